The molecule has 2 N–H and O–H groups in total. The minimum absolute atomic E-state index is 0.176. The van der Waals surface area contributed by atoms with Crippen molar-refractivity contribution in [3.05, 3.63) is 54.6 Å². The van der Waals surface area contributed by atoms with Gasteiger partial charge in [0.1, 0.15) is 0 Å². The second kappa shape index (κ2) is 6.09. The van der Waals surface area contributed by atoms with Crippen molar-refractivity contribution in [1.29, 1.82) is 0 Å². The Hall–Kier alpha value is -2.67. The van der Waals surface area contributed by atoms with Gasteiger partial charge < -0.3 is 10.4 Å². The van der Waals surface area contributed by atoms with E-state index in [0.29, 0.717) is 17.9 Å². The molecule has 7 nitrogen and oxygen atoms in total. The Morgan fingerprint density at radius 2 is 2.12 bits per heavy atom. The van der Waals surface area contributed by atoms with Gasteiger partial charge in [0.05, 0.1) is 29.4 Å². The second-order valence-electron chi connectivity index (χ2n) is 6.30. The minimum Gasteiger partial charge on any atom is -0.391 e. The number of carbonyl (C=O) groups is 1. The third-order valence-corrected chi connectivity index (χ3v) is 4.63. The Bertz CT molecular complexity index is 842. The molecule has 1 fully saturated rings. The van der Waals surface area contributed by atoms with Gasteiger partial charge in [0, 0.05) is 25.1 Å². The van der Waals surface area contributed by atoms with Crippen LogP contribution in [-0.2, 0) is 6.54 Å². The summed E-state index contributed by atoms with van der Waals surface area (Å²) >= 11 is 0. The lowest BCUT2D eigenvalue weighted by Crippen LogP contribution is -2.40. The van der Waals surface area contributed by atoms with Gasteiger partial charge in [0.2, 0.25) is 0 Å². The fraction of sp³-hybridized carbons (Fsp3) is 0.353. The first-order chi connectivity index (χ1) is 11.7. The Balaban J connectivity index is 1.45. The summed E-state index contributed by atoms with van der Waals surface area (Å²) in [5, 5.41) is 21.6. The van der Waals surface area contributed by atoms with Gasteiger partial charge in [-0.3, -0.25) is 9.48 Å². The maximum Gasteiger partial charge on any atom is 0.253 e. The number of aliphatic hydroxyl groups is 1. The van der Waals surface area contributed by atoms with E-state index in [1.165, 1.54) is 0 Å². The molecule has 1 aliphatic carbocycles. The van der Waals surface area contributed by atoms with Gasteiger partial charge in [-0.2, -0.15) is 10.2 Å². The number of amides is 1. The van der Waals surface area contributed by atoms with E-state index >= 15 is 0 Å². The standard InChI is InChI=1S/C17H19N5O2/c23-16-10-12(11-21-7-2-5-18-21)9-14(16)20-17(24)13-3-1-8-22-15(13)4-6-19-22/h1-8,12,14,16,23H,9-11H2,(H,20,24)/t12?,14-,16-/m1/s1. The topological polar surface area (TPSA) is 84.5 Å². The van der Waals surface area contributed by atoms with E-state index in [1.54, 1.807) is 41.3 Å². The summed E-state index contributed by atoms with van der Waals surface area (Å²) in [6.07, 6.45) is 8.01. The van der Waals surface area contributed by atoms with Crippen molar-refractivity contribution in [2.75, 3.05) is 0 Å². The summed E-state index contributed by atoms with van der Waals surface area (Å²) in [7, 11) is 0. The molecule has 3 heterocycles. The first-order valence-corrected chi connectivity index (χ1v) is 8.09. The molecule has 24 heavy (non-hydrogen) atoms. The van der Waals surface area contributed by atoms with Gasteiger partial charge in [-0.05, 0) is 43.0 Å². The van der Waals surface area contributed by atoms with Crippen LogP contribution >= 0.6 is 0 Å². The van der Waals surface area contributed by atoms with Gasteiger partial charge in [-0.25, -0.2) is 4.52 Å². The second-order valence-corrected chi connectivity index (χ2v) is 6.30. The van der Waals surface area contributed by atoms with Crippen LogP contribution in [0.2, 0.25) is 0 Å². The zero-order valence-corrected chi connectivity index (χ0v) is 13.1. The molecule has 1 aliphatic rings. The smallest absolute Gasteiger partial charge is 0.253 e. The van der Waals surface area contributed by atoms with E-state index in [2.05, 4.69) is 15.5 Å². The lowest BCUT2D eigenvalue weighted by molar-refractivity contribution is 0.0874. The van der Waals surface area contributed by atoms with E-state index in [4.69, 9.17) is 0 Å². The lowest BCUT2D eigenvalue weighted by Gasteiger charge is -2.16. The fourth-order valence-electron chi connectivity index (χ4n) is 3.49. The summed E-state index contributed by atoms with van der Waals surface area (Å²) in [6.45, 7) is 0.759. The molecule has 0 spiro atoms. The quantitative estimate of drug-likeness (QED) is 0.752. The number of rotatable bonds is 4. The van der Waals surface area contributed by atoms with Crippen LogP contribution in [0.25, 0.3) is 5.52 Å². The zero-order chi connectivity index (χ0) is 16.5. The number of hydrogen-bond acceptors (Lipinski definition) is 4. The third-order valence-electron chi connectivity index (χ3n) is 4.63. The monoisotopic (exact) mass is 325 g/mol. The summed E-state index contributed by atoms with van der Waals surface area (Å²) in [6, 6.07) is 7.02. The van der Waals surface area contributed by atoms with Crippen LogP contribution in [0.5, 0.6) is 0 Å². The highest BCUT2D eigenvalue weighted by atomic mass is 16.3. The molecule has 0 aromatic carbocycles. The molecule has 1 amide bonds. The van der Waals surface area contributed by atoms with Crippen LogP contribution in [0.4, 0.5) is 0 Å². The van der Waals surface area contributed by atoms with Crippen LogP contribution in [-0.4, -0.2) is 42.6 Å². The van der Waals surface area contributed by atoms with Crippen molar-refractivity contribution >= 4 is 11.4 Å². The SMILES string of the molecule is O=C(N[C@@H]1CC(Cn2cccn2)C[C@H]1O)c1cccn2nccc12. The highest BCUT2D eigenvalue weighted by Gasteiger charge is 2.34. The van der Waals surface area contributed by atoms with Crippen LogP contribution in [0.1, 0.15) is 23.2 Å². The van der Waals surface area contributed by atoms with Crippen LogP contribution in [0.3, 0.4) is 0 Å². The molecule has 124 valence electrons. The van der Waals surface area contributed by atoms with Crippen LogP contribution < -0.4 is 5.32 Å². The number of pyridine rings is 1. The van der Waals surface area contributed by atoms with Crippen molar-refractivity contribution in [3.63, 3.8) is 0 Å². The van der Waals surface area contributed by atoms with Crippen molar-refractivity contribution in [2.24, 2.45) is 5.92 Å². The highest BCUT2D eigenvalue weighted by molar-refractivity contribution is 6.00. The van der Waals surface area contributed by atoms with Crippen LogP contribution in [0.15, 0.2) is 49.1 Å². The third kappa shape index (κ3) is 2.78. The van der Waals surface area contributed by atoms with Crippen molar-refractivity contribution in [3.8, 4) is 0 Å². The van der Waals surface area contributed by atoms with E-state index in [0.717, 1.165) is 18.5 Å². The number of aromatic nitrogens is 4. The van der Waals surface area contributed by atoms with Gasteiger partial charge in [-0.1, -0.05) is 0 Å². The molecular weight excluding hydrogens is 306 g/mol. The van der Waals surface area contributed by atoms with E-state index in [-0.39, 0.29) is 11.9 Å². The number of nitrogens with zero attached hydrogens (tertiary/aromatic N) is 4. The van der Waals surface area contributed by atoms with Crippen molar-refractivity contribution < 1.29 is 9.90 Å². The molecule has 0 bridgehead atoms. The first kappa shape index (κ1) is 14.9. The molecule has 0 saturated heterocycles. The van der Waals surface area contributed by atoms with Crippen molar-refractivity contribution in [2.45, 2.75) is 31.5 Å². The Morgan fingerprint density at radius 1 is 1.21 bits per heavy atom. The Kier molecular flexibility index (Phi) is 3.78. The van der Waals surface area contributed by atoms with E-state index < -0.39 is 6.10 Å². The Labute approximate surface area is 138 Å². The summed E-state index contributed by atoms with van der Waals surface area (Å²) in [5.74, 6) is 0.126. The average molecular weight is 325 g/mol. The average Bonchev–Trinajstić information content (AvgIpc) is 3.29. The minimum atomic E-state index is -0.529. The lowest BCUT2D eigenvalue weighted by atomic mass is 10.1. The van der Waals surface area contributed by atoms with Gasteiger partial charge in [-0.15, -0.1) is 0 Å². The molecule has 3 atom stereocenters. The maximum absolute atomic E-state index is 12.6. The molecule has 1 unspecified atom stereocenters. The Morgan fingerprint density at radius 3 is 2.96 bits per heavy atom. The number of aliphatic hydroxyl groups excluding tert-OH is 1. The number of hydrogen-bond donors (Lipinski definition) is 2. The number of carbonyl (C=O) groups excluding carboxylic acids is 1. The first-order valence-electron chi connectivity index (χ1n) is 8.09. The van der Waals surface area contributed by atoms with E-state index in [9.17, 15) is 9.90 Å². The molecule has 0 radical (unpaired) electrons. The largest absolute Gasteiger partial charge is 0.391 e. The molecule has 7 heteroatoms. The molecular formula is C17H19N5O2. The summed E-state index contributed by atoms with van der Waals surface area (Å²) < 4.78 is 3.54. The molecule has 3 aromatic rings. The molecule has 4 rings (SSSR count). The number of fused-ring (bicyclic) bond motifs is 1. The van der Waals surface area contributed by atoms with Gasteiger partial charge >= 0.3 is 0 Å². The normalized spacial score (nSPS) is 23.6. The molecule has 0 aliphatic heterocycles. The predicted molar refractivity (Wildman–Crippen MR) is 87.4 cm³/mol. The predicted octanol–water partition coefficient (Wildman–Crippen LogP) is 1.10. The molecule has 1 saturated carbocycles. The fourth-order valence-corrected chi connectivity index (χ4v) is 3.49. The van der Waals surface area contributed by atoms with Crippen molar-refractivity contribution in [1.82, 2.24) is 24.7 Å². The van der Waals surface area contributed by atoms with Gasteiger partial charge in [0.15, 0.2) is 0 Å². The zero-order valence-electron chi connectivity index (χ0n) is 13.1. The van der Waals surface area contributed by atoms with Crippen LogP contribution in [0, 0.1) is 5.92 Å². The molecule has 3 aromatic heterocycles. The summed E-state index contributed by atoms with van der Waals surface area (Å²) in [5.41, 5.74) is 1.33. The highest BCUT2D eigenvalue weighted by Crippen LogP contribution is 2.28. The summed E-state index contributed by atoms with van der Waals surface area (Å²) in [4.78, 5) is 12.6. The van der Waals surface area contributed by atoms with Gasteiger partial charge in [0.25, 0.3) is 5.91 Å². The number of nitrogens with one attached hydrogen (secondary N) is 1. The van der Waals surface area contributed by atoms with E-state index in [1.807, 2.05) is 16.9 Å². The maximum atomic E-state index is 12.6.